The minimum absolute atomic E-state index is 0.0697. The molecule has 0 heterocycles. The van der Waals surface area contributed by atoms with Crippen molar-refractivity contribution in [1.82, 2.24) is 5.32 Å². The molecule has 1 fully saturated rings. The minimum Gasteiger partial charge on any atom is -0.488 e. The molecule has 4 rings (SSSR count). The van der Waals surface area contributed by atoms with Gasteiger partial charge in [0, 0.05) is 23.1 Å². The highest BCUT2D eigenvalue weighted by Crippen LogP contribution is 2.47. The molecule has 0 aliphatic heterocycles. The molecule has 0 saturated heterocycles. The second kappa shape index (κ2) is 9.02. The van der Waals surface area contributed by atoms with Crippen LogP contribution in [0.4, 0.5) is 0 Å². The average Bonchev–Trinajstić information content (AvgIpc) is 3.56. The van der Waals surface area contributed by atoms with Crippen molar-refractivity contribution in [3.05, 3.63) is 89.5 Å². The highest BCUT2D eigenvalue weighted by Gasteiger charge is 2.41. The average molecular weight is 415 g/mol. The van der Waals surface area contributed by atoms with E-state index in [1.165, 1.54) is 0 Å². The monoisotopic (exact) mass is 415 g/mol. The van der Waals surface area contributed by atoms with Crippen molar-refractivity contribution in [1.29, 1.82) is 0 Å². The van der Waals surface area contributed by atoms with Crippen LogP contribution in [0.5, 0.6) is 5.75 Å². The zero-order valence-corrected chi connectivity index (χ0v) is 17.1. The van der Waals surface area contributed by atoms with Crippen LogP contribution in [-0.2, 0) is 11.4 Å². The van der Waals surface area contributed by atoms with Gasteiger partial charge in [-0.05, 0) is 35.2 Å². The molecule has 6 heteroatoms. The number of hydrogen-bond donors (Lipinski definition) is 3. The largest absolute Gasteiger partial charge is 0.488 e. The number of nitrogens with one attached hydrogen (secondary N) is 1. The number of hydrogen-bond acceptors (Lipinski definition) is 4. The molecule has 158 valence electrons. The summed E-state index contributed by atoms with van der Waals surface area (Å²) in [4.78, 5) is 23.3. The number of carbonyl (C=O) groups excluding carboxylic acids is 2. The summed E-state index contributed by atoms with van der Waals surface area (Å²) < 4.78 is 6.15. The van der Waals surface area contributed by atoms with Crippen molar-refractivity contribution in [2.75, 3.05) is 6.54 Å². The molecule has 3 aromatic rings. The van der Waals surface area contributed by atoms with Crippen LogP contribution in [0.2, 0.25) is 0 Å². The molecule has 5 N–H and O–H groups in total. The van der Waals surface area contributed by atoms with E-state index >= 15 is 0 Å². The van der Waals surface area contributed by atoms with Crippen LogP contribution < -0.4 is 21.5 Å². The van der Waals surface area contributed by atoms with Crippen molar-refractivity contribution in [3.8, 4) is 16.9 Å². The zero-order chi connectivity index (χ0) is 21.8. The van der Waals surface area contributed by atoms with E-state index in [4.69, 9.17) is 16.2 Å². The summed E-state index contributed by atoms with van der Waals surface area (Å²) in [6, 6.07) is 23.4. The lowest BCUT2D eigenvalue weighted by Crippen LogP contribution is -2.30. The third-order valence-electron chi connectivity index (χ3n) is 5.49. The minimum atomic E-state index is -0.472. The van der Waals surface area contributed by atoms with Gasteiger partial charge in [0.15, 0.2) is 0 Å². The van der Waals surface area contributed by atoms with E-state index < -0.39 is 11.8 Å². The highest BCUT2D eigenvalue weighted by molar-refractivity contribution is 5.97. The number of primary amides is 2. The lowest BCUT2D eigenvalue weighted by molar-refractivity contribution is -0.117. The van der Waals surface area contributed by atoms with Crippen molar-refractivity contribution in [3.63, 3.8) is 0 Å². The van der Waals surface area contributed by atoms with Gasteiger partial charge in [-0.3, -0.25) is 9.59 Å². The van der Waals surface area contributed by atoms with E-state index in [0.717, 1.165) is 34.4 Å². The van der Waals surface area contributed by atoms with Crippen molar-refractivity contribution in [2.45, 2.75) is 25.0 Å². The third-order valence-corrected chi connectivity index (χ3v) is 5.49. The SMILES string of the molecule is NC(=O)CNC1CC1c1c(C(N)=O)cccc1-c1ccccc1OCc1ccccc1. The smallest absolute Gasteiger partial charge is 0.249 e. The first-order valence-corrected chi connectivity index (χ1v) is 10.2. The maximum absolute atomic E-state index is 12.2. The number of amides is 2. The quantitative estimate of drug-likeness (QED) is 0.499. The topological polar surface area (TPSA) is 107 Å². The third kappa shape index (κ3) is 4.75. The number of benzene rings is 3. The molecule has 1 aliphatic rings. The first-order chi connectivity index (χ1) is 15.0. The lowest BCUT2D eigenvalue weighted by atomic mass is 9.91. The van der Waals surface area contributed by atoms with Gasteiger partial charge in [0.05, 0.1) is 6.54 Å². The van der Waals surface area contributed by atoms with Crippen molar-refractivity contribution < 1.29 is 14.3 Å². The Balaban J connectivity index is 1.68. The Labute approximate surface area is 181 Å². The van der Waals surface area contributed by atoms with Gasteiger partial charge < -0.3 is 21.5 Å². The summed E-state index contributed by atoms with van der Waals surface area (Å²) in [7, 11) is 0. The highest BCUT2D eigenvalue weighted by atomic mass is 16.5. The standard InChI is InChI=1S/C25H25N3O3/c26-23(29)14-28-21-13-20(21)24-18(10-6-11-19(24)25(27)30)17-9-4-5-12-22(17)31-15-16-7-2-1-3-8-16/h1-12,20-21,28H,13-15H2,(H2,26,29)(H2,27,30). The van der Waals surface area contributed by atoms with Crippen LogP contribution in [-0.4, -0.2) is 24.4 Å². The van der Waals surface area contributed by atoms with Gasteiger partial charge >= 0.3 is 0 Å². The summed E-state index contributed by atoms with van der Waals surface area (Å²) in [6.07, 6.45) is 0.803. The van der Waals surface area contributed by atoms with Crippen LogP contribution in [0.25, 0.3) is 11.1 Å². The summed E-state index contributed by atoms with van der Waals surface area (Å²) in [5.41, 5.74) is 15.2. The van der Waals surface area contributed by atoms with Gasteiger partial charge in [-0.2, -0.15) is 0 Å². The second-order valence-corrected chi connectivity index (χ2v) is 7.70. The molecule has 0 radical (unpaired) electrons. The molecule has 3 aromatic carbocycles. The molecule has 6 nitrogen and oxygen atoms in total. The maximum Gasteiger partial charge on any atom is 0.249 e. The zero-order valence-electron chi connectivity index (χ0n) is 17.1. The Morgan fingerprint density at radius 3 is 2.35 bits per heavy atom. The van der Waals surface area contributed by atoms with Crippen molar-refractivity contribution >= 4 is 11.8 Å². The fraction of sp³-hybridized carbons (Fsp3) is 0.200. The van der Waals surface area contributed by atoms with Gasteiger partial charge in [0.1, 0.15) is 12.4 Å². The number of carbonyl (C=O) groups is 2. The Morgan fingerprint density at radius 2 is 1.61 bits per heavy atom. The lowest BCUT2D eigenvalue weighted by Gasteiger charge is -2.17. The Kier molecular flexibility index (Phi) is 6.00. The van der Waals surface area contributed by atoms with Gasteiger partial charge in [0.2, 0.25) is 11.8 Å². The number of rotatable bonds is 9. The van der Waals surface area contributed by atoms with Crippen LogP contribution in [0, 0.1) is 0 Å². The van der Waals surface area contributed by atoms with Crippen LogP contribution in [0.15, 0.2) is 72.8 Å². The molecule has 2 amide bonds. The first-order valence-electron chi connectivity index (χ1n) is 10.2. The fourth-order valence-corrected chi connectivity index (χ4v) is 3.94. The number of ether oxygens (including phenoxy) is 1. The Bertz CT molecular complexity index is 1100. The molecule has 31 heavy (non-hydrogen) atoms. The van der Waals surface area contributed by atoms with Crippen LogP contribution >= 0.6 is 0 Å². The molecule has 1 aliphatic carbocycles. The molecule has 1 saturated carbocycles. The van der Waals surface area contributed by atoms with E-state index in [1.54, 1.807) is 6.07 Å². The molecular formula is C25H25N3O3. The van der Waals surface area contributed by atoms with E-state index in [2.05, 4.69) is 5.32 Å². The van der Waals surface area contributed by atoms with Crippen LogP contribution in [0.3, 0.4) is 0 Å². The molecular weight excluding hydrogens is 390 g/mol. The Hall–Kier alpha value is -3.64. The normalized spacial score (nSPS) is 17.2. The molecule has 0 aromatic heterocycles. The van der Waals surface area contributed by atoms with Gasteiger partial charge in [0.25, 0.3) is 0 Å². The summed E-state index contributed by atoms with van der Waals surface area (Å²) in [5, 5.41) is 3.15. The molecule has 0 spiro atoms. The van der Waals surface area contributed by atoms with Gasteiger partial charge in [-0.1, -0.05) is 60.7 Å². The van der Waals surface area contributed by atoms with E-state index in [0.29, 0.717) is 12.2 Å². The van der Waals surface area contributed by atoms with E-state index in [9.17, 15) is 9.59 Å². The number of nitrogens with two attached hydrogens (primary N) is 2. The van der Waals surface area contributed by atoms with E-state index in [1.807, 2.05) is 66.7 Å². The molecule has 0 bridgehead atoms. The number of para-hydroxylation sites is 1. The summed E-state index contributed by atoms with van der Waals surface area (Å²) in [6.45, 7) is 0.543. The van der Waals surface area contributed by atoms with Gasteiger partial charge in [-0.15, -0.1) is 0 Å². The van der Waals surface area contributed by atoms with E-state index in [-0.39, 0.29) is 18.5 Å². The summed E-state index contributed by atoms with van der Waals surface area (Å²) in [5.74, 6) is -0.0782. The Morgan fingerprint density at radius 1 is 0.903 bits per heavy atom. The molecule has 2 atom stereocenters. The fourth-order valence-electron chi connectivity index (χ4n) is 3.94. The van der Waals surface area contributed by atoms with Crippen LogP contribution in [0.1, 0.15) is 33.8 Å². The maximum atomic E-state index is 12.2. The van der Waals surface area contributed by atoms with Crippen molar-refractivity contribution in [2.24, 2.45) is 11.5 Å². The first kappa shape index (κ1) is 20.6. The molecule has 2 unspecified atom stereocenters. The predicted octanol–water partition coefficient (Wildman–Crippen LogP) is 2.96. The van der Waals surface area contributed by atoms with Gasteiger partial charge in [-0.25, -0.2) is 0 Å². The summed E-state index contributed by atoms with van der Waals surface area (Å²) >= 11 is 0. The second-order valence-electron chi connectivity index (χ2n) is 7.70. The predicted molar refractivity (Wildman–Crippen MR) is 120 cm³/mol.